The number of hydrogen-bond donors (Lipinski definition) is 0. The van der Waals surface area contributed by atoms with Gasteiger partial charge in [0.15, 0.2) is 0 Å². The maximum atomic E-state index is 6.15. The molecule has 120 valence electrons. The van der Waals surface area contributed by atoms with E-state index < -0.39 is 0 Å². The highest BCUT2D eigenvalue weighted by Gasteiger charge is 2.46. The quantitative estimate of drug-likeness (QED) is 0.867. The molecule has 4 heterocycles. The van der Waals surface area contributed by atoms with Crippen molar-refractivity contribution in [2.75, 3.05) is 19.7 Å². The van der Waals surface area contributed by atoms with Gasteiger partial charge in [-0.15, -0.1) is 0 Å². The number of pyridine rings is 2. The fourth-order valence-electron chi connectivity index (χ4n) is 3.56. The molecule has 0 aliphatic carbocycles. The summed E-state index contributed by atoms with van der Waals surface area (Å²) < 4.78 is 12.1. The first kappa shape index (κ1) is 14.6. The van der Waals surface area contributed by atoms with Gasteiger partial charge in [-0.05, 0) is 30.2 Å². The van der Waals surface area contributed by atoms with Gasteiger partial charge in [-0.3, -0.25) is 9.88 Å². The van der Waals surface area contributed by atoms with E-state index in [2.05, 4.69) is 27.0 Å². The van der Waals surface area contributed by atoms with E-state index in [0.29, 0.717) is 12.5 Å². The van der Waals surface area contributed by atoms with Crippen LogP contribution in [0.15, 0.2) is 48.9 Å². The molecule has 23 heavy (non-hydrogen) atoms. The second kappa shape index (κ2) is 6.26. The Hall–Kier alpha value is -1.98. The molecule has 0 aromatic carbocycles. The molecule has 0 saturated carbocycles. The highest BCUT2D eigenvalue weighted by molar-refractivity contribution is 5.12. The Morgan fingerprint density at radius 2 is 2.13 bits per heavy atom. The Kier molecular flexibility index (Phi) is 3.97. The van der Waals surface area contributed by atoms with Crippen LogP contribution in [0.2, 0.25) is 0 Å². The summed E-state index contributed by atoms with van der Waals surface area (Å²) in [6.07, 6.45) is 7.57. The average Bonchev–Trinajstić information content (AvgIpc) is 3.16. The lowest BCUT2D eigenvalue weighted by molar-refractivity contribution is 0.00924. The topological polar surface area (TPSA) is 47.5 Å². The molecular weight excluding hydrogens is 290 g/mol. The van der Waals surface area contributed by atoms with E-state index in [0.717, 1.165) is 32.5 Å². The van der Waals surface area contributed by atoms with Crippen LogP contribution < -0.4 is 4.74 Å². The first-order valence-electron chi connectivity index (χ1n) is 8.14. The molecule has 2 fully saturated rings. The zero-order valence-corrected chi connectivity index (χ0v) is 13.1. The first-order valence-corrected chi connectivity index (χ1v) is 8.14. The van der Waals surface area contributed by atoms with Gasteiger partial charge >= 0.3 is 0 Å². The van der Waals surface area contributed by atoms with E-state index in [1.54, 1.807) is 6.20 Å². The molecule has 4 rings (SSSR count). The monoisotopic (exact) mass is 311 g/mol. The molecule has 0 unspecified atom stereocenters. The molecule has 2 aromatic rings. The van der Waals surface area contributed by atoms with Crippen LogP contribution in [0.1, 0.15) is 18.4 Å². The number of rotatable bonds is 4. The molecule has 5 nitrogen and oxygen atoms in total. The third-order valence-electron chi connectivity index (χ3n) is 4.65. The van der Waals surface area contributed by atoms with Crippen molar-refractivity contribution in [3.05, 3.63) is 54.5 Å². The maximum Gasteiger partial charge on any atom is 0.213 e. The van der Waals surface area contributed by atoms with Crippen molar-refractivity contribution in [2.45, 2.75) is 31.1 Å². The zero-order valence-electron chi connectivity index (χ0n) is 13.1. The number of nitrogens with zero attached hydrogens (tertiary/aromatic N) is 3. The predicted molar refractivity (Wildman–Crippen MR) is 86.1 cm³/mol. The Labute approximate surface area is 136 Å². The highest BCUT2D eigenvalue weighted by Crippen LogP contribution is 2.36. The average molecular weight is 311 g/mol. The summed E-state index contributed by atoms with van der Waals surface area (Å²) in [6.45, 7) is 3.65. The zero-order chi connectivity index (χ0) is 15.5. The third-order valence-corrected chi connectivity index (χ3v) is 4.65. The van der Waals surface area contributed by atoms with Gasteiger partial charge in [0.2, 0.25) is 5.88 Å². The fourth-order valence-corrected chi connectivity index (χ4v) is 3.56. The number of ether oxygens (including phenoxy) is 2. The maximum absolute atomic E-state index is 6.15. The second-order valence-corrected chi connectivity index (χ2v) is 6.42. The van der Waals surface area contributed by atoms with Crippen molar-refractivity contribution in [2.24, 2.45) is 0 Å². The predicted octanol–water partition coefficient (Wildman–Crippen LogP) is 2.29. The van der Waals surface area contributed by atoms with Gasteiger partial charge < -0.3 is 9.47 Å². The van der Waals surface area contributed by atoms with Crippen LogP contribution in [0, 0.1) is 0 Å². The standard InChI is InChI=1S/C18H21N3O2/c1-2-7-20-17(3-1)23-16-11-18(22-13-16)6-10-21(14-18)12-15-4-8-19-9-5-15/h1-5,7-9,16H,6,10-14H2/t16-,18-/m0/s1. The van der Waals surface area contributed by atoms with Crippen LogP contribution in [-0.4, -0.2) is 46.3 Å². The summed E-state index contributed by atoms with van der Waals surface area (Å²) in [6, 6.07) is 9.89. The molecule has 2 aromatic heterocycles. The smallest absolute Gasteiger partial charge is 0.213 e. The first-order chi connectivity index (χ1) is 11.3. The summed E-state index contributed by atoms with van der Waals surface area (Å²) in [7, 11) is 0. The van der Waals surface area contributed by atoms with E-state index in [1.165, 1.54) is 5.56 Å². The molecular formula is C18H21N3O2. The molecule has 2 aliphatic rings. The number of aromatic nitrogens is 2. The Morgan fingerprint density at radius 1 is 1.22 bits per heavy atom. The van der Waals surface area contributed by atoms with Crippen molar-refractivity contribution in [1.82, 2.24) is 14.9 Å². The summed E-state index contributed by atoms with van der Waals surface area (Å²) in [5.74, 6) is 0.685. The molecule has 0 bridgehead atoms. The van der Waals surface area contributed by atoms with Crippen molar-refractivity contribution >= 4 is 0 Å². The minimum absolute atomic E-state index is 0.0491. The molecule has 0 amide bonds. The Morgan fingerprint density at radius 3 is 2.96 bits per heavy atom. The van der Waals surface area contributed by atoms with Crippen LogP contribution in [0.5, 0.6) is 5.88 Å². The van der Waals surface area contributed by atoms with Gasteiger partial charge in [-0.25, -0.2) is 4.98 Å². The van der Waals surface area contributed by atoms with Gasteiger partial charge in [-0.2, -0.15) is 0 Å². The van der Waals surface area contributed by atoms with E-state index >= 15 is 0 Å². The van der Waals surface area contributed by atoms with Crippen LogP contribution >= 0.6 is 0 Å². The van der Waals surface area contributed by atoms with Crippen molar-refractivity contribution in [3.63, 3.8) is 0 Å². The van der Waals surface area contributed by atoms with Gasteiger partial charge in [0.1, 0.15) is 6.10 Å². The lowest BCUT2D eigenvalue weighted by Gasteiger charge is -2.23. The summed E-state index contributed by atoms with van der Waals surface area (Å²) in [5.41, 5.74) is 1.25. The largest absolute Gasteiger partial charge is 0.472 e. The van der Waals surface area contributed by atoms with Crippen LogP contribution in [-0.2, 0) is 11.3 Å². The second-order valence-electron chi connectivity index (χ2n) is 6.42. The van der Waals surface area contributed by atoms with E-state index in [1.807, 2.05) is 30.6 Å². The summed E-state index contributed by atoms with van der Waals surface area (Å²) in [5, 5.41) is 0. The lowest BCUT2D eigenvalue weighted by Crippen LogP contribution is -2.33. The molecule has 1 spiro atoms. The van der Waals surface area contributed by atoms with Crippen LogP contribution in [0.25, 0.3) is 0 Å². The van der Waals surface area contributed by atoms with E-state index in [9.17, 15) is 0 Å². The molecule has 0 radical (unpaired) electrons. The highest BCUT2D eigenvalue weighted by atomic mass is 16.6. The summed E-state index contributed by atoms with van der Waals surface area (Å²) >= 11 is 0. The van der Waals surface area contributed by atoms with Crippen molar-refractivity contribution < 1.29 is 9.47 Å². The summed E-state index contributed by atoms with van der Waals surface area (Å²) in [4.78, 5) is 10.8. The minimum atomic E-state index is -0.0491. The minimum Gasteiger partial charge on any atom is -0.472 e. The van der Waals surface area contributed by atoms with Gasteiger partial charge in [0.05, 0.1) is 12.2 Å². The Balaban J connectivity index is 1.34. The number of likely N-dealkylation sites (tertiary alicyclic amines) is 1. The lowest BCUT2D eigenvalue weighted by atomic mass is 9.98. The molecule has 2 aliphatic heterocycles. The van der Waals surface area contributed by atoms with Crippen molar-refractivity contribution in [3.8, 4) is 5.88 Å². The van der Waals surface area contributed by atoms with E-state index in [4.69, 9.17) is 9.47 Å². The third kappa shape index (κ3) is 3.35. The molecule has 2 saturated heterocycles. The van der Waals surface area contributed by atoms with Crippen LogP contribution in [0.3, 0.4) is 0 Å². The molecule has 2 atom stereocenters. The normalized spacial score (nSPS) is 27.6. The van der Waals surface area contributed by atoms with Crippen LogP contribution in [0.4, 0.5) is 0 Å². The Bertz CT molecular complexity index is 578. The molecule has 5 heteroatoms. The van der Waals surface area contributed by atoms with Gasteiger partial charge in [0.25, 0.3) is 0 Å². The van der Waals surface area contributed by atoms with Crippen molar-refractivity contribution in [1.29, 1.82) is 0 Å². The van der Waals surface area contributed by atoms with Gasteiger partial charge in [0, 0.05) is 50.7 Å². The number of hydrogen-bond acceptors (Lipinski definition) is 5. The molecule has 0 N–H and O–H groups in total. The van der Waals surface area contributed by atoms with E-state index in [-0.39, 0.29) is 11.7 Å². The van der Waals surface area contributed by atoms with Gasteiger partial charge in [-0.1, -0.05) is 6.07 Å². The SMILES string of the molecule is c1ccc(O[C@@H]2CO[C@@]3(CCN(Cc4ccncc4)C3)C2)nc1. The fraction of sp³-hybridized carbons (Fsp3) is 0.444.